The zero-order valence-electron chi connectivity index (χ0n) is 17.1. The first-order valence-electron chi connectivity index (χ1n) is 10.1. The summed E-state index contributed by atoms with van der Waals surface area (Å²) in [4.78, 5) is 10.4. The Hall–Kier alpha value is -2.17. The van der Waals surface area contributed by atoms with Gasteiger partial charge in [0.2, 0.25) is 0 Å². The van der Waals surface area contributed by atoms with Gasteiger partial charge in [0.05, 0.1) is 16.3 Å². The number of benzene rings is 2. The standard InChI is InChI=1S/C22H28NO5P/c1-16(2)21-14-9-17(3)15-22(21)28-29(26,20-7-5-4-6-8-20)27-19-12-10-18(11-13-19)23(24)25/h4-8,10-13,16-17,21-22H,9,14-15H2,1-3H3/t17-,21+,22-,29?/m1/s1. The minimum absolute atomic E-state index is 0.0474. The van der Waals surface area contributed by atoms with E-state index >= 15 is 0 Å². The molecule has 1 fully saturated rings. The van der Waals surface area contributed by atoms with Crippen LogP contribution in [0.4, 0.5) is 5.69 Å². The SMILES string of the molecule is CC(C)[C@@H]1CC[C@@H](C)C[C@H]1OP(=O)(Oc1ccc([N+](=O)[O-])cc1)c1ccccc1. The summed E-state index contributed by atoms with van der Waals surface area (Å²) in [5.74, 6) is 1.51. The van der Waals surface area contributed by atoms with E-state index in [1.807, 2.05) is 6.07 Å². The highest BCUT2D eigenvalue weighted by Crippen LogP contribution is 2.52. The van der Waals surface area contributed by atoms with E-state index in [0.29, 0.717) is 23.1 Å². The van der Waals surface area contributed by atoms with Crippen LogP contribution in [0.3, 0.4) is 0 Å². The normalized spacial score (nSPS) is 24.1. The molecule has 4 atom stereocenters. The van der Waals surface area contributed by atoms with Crippen molar-refractivity contribution in [1.29, 1.82) is 0 Å². The minimum Gasteiger partial charge on any atom is -0.421 e. The van der Waals surface area contributed by atoms with Crippen LogP contribution >= 0.6 is 7.60 Å². The molecule has 156 valence electrons. The Labute approximate surface area is 171 Å². The maximum atomic E-state index is 14.0. The van der Waals surface area contributed by atoms with Crippen molar-refractivity contribution in [2.24, 2.45) is 17.8 Å². The zero-order chi connectivity index (χ0) is 21.0. The molecule has 6 nitrogen and oxygen atoms in total. The Morgan fingerprint density at radius 3 is 2.31 bits per heavy atom. The minimum atomic E-state index is -3.67. The van der Waals surface area contributed by atoms with Crippen LogP contribution in [0.15, 0.2) is 54.6 Å². The van der Waals surface area contributed by atoms with Crippen LogP contribution in [0.1, 0.15) is 40.0 Å². The van der Waals surface area contributed by atoms with Gasteiger partial charge in [-0.15, -0.1) is 0 Å². The summed E-state index contributed by atoms with van der Waals surface area (Å²) in [6, 6.07) is 14.5. The number of hydrogen-bond donors (Lipinski definition) is 0. The Balaban J connectivity index is 1.91. The highest BCUT2D eigenvalue weighted by Gasteiger charge is 2.39. The van der Waals surface area contributed by atoms with Crippen molar-refractivity contribution in [3.63, 3.8) is 0 Å². The van der Waals surface area contributed by atoms with Crippen molar-refractivity contribution in [1.82, 2.24) is 0 Å². The summed E-state index contributed by atoms with van der Waals surface area (Å²) in [5, 5.41) is 11.4. The molecule has 7 heteroatoms. The molecule has 1 saturated carbocycles. The zero-order valence-corrected chi connectivity index (χ0v) is 18.0. The van der Waals surface area contributed by atoms with Gasteiger partial charge in [0.25, 0.3) is 5.69 Å². The van der Waals surface area contributed by atoms with E-state index in [1.54, 1.807) is 24.3 Å². The summed E-state index contributed by atoms with van der Waals surface area (Å²) < 4.78 is 26.2. The van der Waals surface area contributed by atoms with Crippen LogP contribution in [0, 0.1) is 27.9 Å². The third-order valence-electron chi connectivity index (χ3n) is 5.58. The molecule has 0 heterocycles. The molecular formula is C22H28NO5P. The number of rotatable bonds is 7. The number of nitro benzene ring substituents is 1. The topological polar surface area (TPSA) is 78.7 Å². The predicted octanol–water partition coefficient (Wildman–Crippen LogP) is 5.97. The molecule has 1 unspecified atom stereocenters. The van der Waals surface area contributed by atoms with Crippen molar-refractivity contribution >= 4 is 18.6 Å². The summed E-state index contributed by atoms with van der Waals surface area (Å²) >= 11 is 0. The fraction of sp³-hybridized carbons (Fsp3) is 0.455. The van der Waals surface area contributed by atoms with Crippen LogP contribution in [0.25, 0.3) is 0 Å². The molecule has 0 bridgehead atoms. The second-order valence-electron chi connectivity index (χ2n) is 8.15. The van der Waals surface area contributed by atoms with Gasteiger partial charge >= 0.3 is 7.60 Å². The van der Waals surface area contributed by atoms with Gasteiger partial charge < -0.3 is 4.52 Å². The lowest BCUT2D eigenvalue weighted by atomic mass is 9.75. The average molecular weight is 417 g/mol. The third kappa shape index (κ3) is 5.26. The van der Waals surface area contributed by atoms with E-state index in [1.165, 1.54) is 24.3 Å². The molecule has 1 aliphatic rings. The summed E-state index contributed by atoms with van der Waals surface area (Å²) in [5.41, 5.74) is -0.0474. The Morgan fingerprint density at radius 1 is 1.07 bits per heavy atom. The molecule has 0 N–H and O–H groups in total. The summed E-state index contributed by atoms with van der Waals surface area (Å²) in [6.07, 6.45) is 2.85. The molecule has 0 saturated heterocycles. The average Bonchev–Trinajstić information content (AvgIpc) is 2.69. The van der Waals surface area contributed by atoms with Crippen molar-refractivity contribution < 1.29 is 18.5 Å². The van der Waals surface area contributed by atoms with Gasteiger partial charge in [0.1, 0.15) is 5.75 Å². The first kappa shape index (κ1) is 21.5. The number of non-ortho nitro benzene ring substituents is 1. The van der Waals surface area contributed by atoms with Crippen LogP contribution in [0.2, 0.25) is 0 Å². The van der Waals surface area contributed by atoms with Crippen molar-refractivity contribution in [2.45, 2.75) is 46.1 Å². The van der Waals surface area contributed by atoms with Crippen molar-refractivity contribution in [3.8, 4) is 5.75 Å². The van der Waals surface area contributed by atoms with E-state index in [2.05, 4.69) is 20.8 Å². The van der Waals surface area contributed by atoms with Gasteiger partial charge in [-0.25, -0.2) is 4.57 Å². The molecule has 29 heavy (non-hydrogen) atoms. The second kappa shape index (κ2) is 9.10. The molecule has 2 aromatic carbocycles. The van der Waals surface area contributed by atoms with Gasteiger partial charge in [0.15, 0.2) is 0 Å². The number of nitrogens with zero attached hydrogens (tertiary/aromatic N) is 1. The van der Waals surface area contributed by atoms with Crippen LogP contribution in [0.5, 0.6) is 5.75 Å². The maximum Gasteiger partial charge on any atom is 0.411 e. The predicted molar refractivity (Wildman–Crippen MR) is 114 cm³/mol. The van der Waals surface area contributed by atoms with Crippen molar-refractivity contribution in [2.75, 3.05) is 0 Å². The van der Waals surface area contributed by atoms with E-state index in [-0.39, 0.29) is 17.5 Å². The largest absolute Gasteiger partial charge is 0.421 e. The second-order valence-corrected chi connectivity index (χ2v) is 10.0. The maximum absolute atomic E-state index is 14.0. The van der Waals surface area contributed by atoms with Crippen LogP contribution in [-0.4, -0.2) is 11.0 Å². The van der Waals surface area contributed by atoms with Gasteiger partial charge in [-0.3, -0.25) is 14.6 Å². The lowest BCUT2D eigenvalue weighted by Gasteiger charge is -2.38. The summed E-state index contributed by atoms with van der Waals surface area (Å²) in [6.45, 7) is 6.53. The van der Waals surface area contributed by atoms with Gasteiger partial charge in [-0.2, -0.15) is 0 Å². The Kier molecular flexibility index (Phi) is 6.76. The first-order chi connectivity index (χ1) is 13.8. The van der Waals surface area contributed by atoms with E-state index in [0.717, 1.165) is 19.3 Å². The number of hydrogen-bond acceptors (Lipinski definition) is 5. The smallest absolute Gasteiger partial charge is 0.411 e. The van der Waals surface area contributed by atoms with E-state index in [9.17, 15) is 14.7 Å². The third-order valence-corrected chi connectivity index (χ3v) is 7.51. The van der Waals surface area contributed by atoms with Crippen molar-refractivity contribution in [3.05, 3.63) is 64.7 Å². The molecule has 1 aliphatic carbocycles. The summed E-state index contributed by atoms with van der Waals surface area (Å²) in [7, 11) is -3.67. The monoisotopic (exact) mass is 417 g/mol. The molecule has 2 aromatic rings. The lowest BCUT2D eigenvalue weighted by Crippen LogP contribution is -2.35. The Morgan fingerprint density at radius 2 is 1.72 bits per heavy atom. The molecule has 0 radical (unpaired) electrons. The fourth-order valence-electron chi connectivity index (χ4n) is 3.93. The molecule has 0 amide bonds. The molecule has 0 spiro atoms. The molecular weight excluding hydrogens is 389 g/mol. The fourth-order valence-corrected chi connectivity index (χ4v) is 5.73. The Bertz CT molecular complexity index is 869. The van der Waals surface area contributed by atoms with Gasteiger partial charge in [-0.05, 0) is 54.9 Å². The van der Waals surface area contributed by atoms with E-state index < -0.39 is 12.5 Å². The van der Waals surface area contributed by atoms with Gasteiger partial charge in [-0.1, -0.05) is 45.4 Å². The first-order valence-corrected chi connectivity index (χ1v) is 11.6. The number of nitro groups is 1. The van der Waals surface area contributed by atoms with E-state index in [4.69, 9.17) is 9.05 Å². The molecule has 0 aromatic heterocycles. The van der Waals surface area contributed by atoms with Crippen LogP contribution in [-0.2, 0) is 9.09 Å². The van der Waals surface area contributed by atoms with Crippen LogP contribution < -0.4 is 9.83 Å². The quantitative estimate of drug-likeness (QED) is 0.315. The highest BCUT2D eigenvalue weighted by molar-refractivity contribution is 7.62. The molecule has 0 aliphatic heterocycles. The molecule has 3 rings (SSSR count). The lowest BCUT2D eigenvalue weighted by molar-refractivity contribution is -0.384. The highest BCUT2D eigenvalue weighted by atomic mass is 31.2. The van der Waals surface area contributed by atoms with Gasteiger partial charge in [0, 0.05) is 12.1 Å².